The van der Waals surface area contributed by atoms with Crippen molar-refractivity contribution in [3.8, 4) is 5.75 Å². The van der Waals surface area contributed by atoms with Gasteiger partial charge in [0.2, 0.25) is 11.8 Å². The zero-order valence-electron chi connectivity index (χ0n) is 26.0. The Labute approximate surface area is 249 Å². The molecule has 0 radical (unpaired) electrons. The molecule has 2 aromatic rings. The second-order valence-electron chi connectivity index (χ2n) is 12.6. The first-order valence-corrected chi connectivity index (χ1v) is 14.9. The largest absolute Gasteiger partial charge is 0.476 e. The van der Waals surface area contributed by atoms with Gasteiger partial charge in [0.25, 0.3) is 5.91 Å². The van der Waals surface area contributed by atoms with E-state index in [-0.39, 0.29) is 35.6 Å². The van der Waals surface area contributed by atoms with Crippen LogP contribution in [-0.4, -0.2) is 62.7 Å². The number of methoxy groups -OCH3 is 1. The minimum atomic E-state index is -0.992. The van der Waals surface area contributed by atoms with Crippen molar-refractivity contribution in [3.05, 3.63) is 54.1 Å². The molecule has 1 saturated heterocycles. The maximum Gasteiger partial charge on any atom is 0.270 e. The molecule has 2 atom stereocenters. The molecule has 1 fully saturated rings. The summed E-state index contributed by atoms with van der Waals surface area (Å²) >= 11 is 0. The fourth-order valence-corrected chi connectivity index (χ4v) is 5.84. The van der Waals surface area contributed by atoms with Crippen LogP contribution in [0, 0.1) is 11.8 Å². The van der Waals surface area contributed by atoms with E-state index in [0.717, 1.165) is 5.56 Å². The average Bonchev–Trinajstić information content (AvgIpc) is 2.95. The number of carbonyl (C=O) groups excluding carboxylic acids is 3. The quantitative estimate of drug-likeness (QED) is 0.409. The zero-order chi connectivity index (χ0) is 30.7. The first-order chi connectivity index (χ1) is 19.9. The van der Waals surface area contributed by atoms with Crippen LogP contribution in [-0.2, 0) is 24.7 Å². The van der Waals surface area contributed by atoms with Crippen molar-refractivity contribution in [3.63, 3.8) is 0 Å². The Morgan fingerprint density at radius 2 is 1.83 bits per heavy atom. The van der Waals surface area contributed by atoms with E-state index in [9.17, 15) is 14.4 Å². The third-order valence-corrected chi connectivity index (χ3v) is 8.12. The lowest BCUT2D eigenvalue weighted by Crippen LogP contribution is -2.53. The molecule has 42 heavy (non-hydrogen) atoms. The molecule has 3 amide bonds. The van der Waals surface area contributed by atoms with Crippen molar-refractivity contribution in [2.45, 2.75) is 71.6 Å². The van der Waals surface area contributed by atoms with Crippen molar-refractivity contribution in [1.82, 2.24) is 10.6 Å². The highest BCUT2D eigenvalue weighted by molar-refractivity contribution is 6.04. The number of rotatable bonds is 10. The Morgan fingerprint density at radius 1 is 1.14 bits per heavy atom. The van der Waals surface area contributed by atoms with Gasteiger partial charge in [-0.2, -0.15) is 0 Å². The van der Waals surface area contributed by atoms with E-state index in [2.05, 4.69) is 10.6 Å². The Morgan fingerprint density at radius 3 is 2.50 bits per heavy atom. The molecule has 0 saturated carbocycles. The maximum atomic E-state index is 14.1. The summed E-state index contributed by atoms with van der Waals surface area (Å²) < 4.78 is 11.3. The minimum Gasteiger partial charge on any atom is -0.476 e. The van der Waals surface area contributed by atoms with Gasteiger partial charge in [-0.3, -0.25) is 14.4 Å². The van der Waals surface area contributed by atoms with Gasteiger partial charge in [-0.1, -0.05) is 30.3 Å². The molecule has 2 heterocycles. The Hall–Kier alpha value is -3.43. The van der Waals surface area contributed by atoms with Gasteiger partial charge in [-0.05, 0) is 78.1 Å². The molecule has 9 heteroatoms. The van der Waals surface area contributed by atoms with Gasteiger partial charge in [0.05, 0.1) is 23.1 Å². The van der Waals surface area contributed by atoms with Gasteiger partial charge in [0, 0.05) is 45.1 Å². The van der Waals surface area contributed by atoms with Gasteiger partial charge in [-0.15, -0.1) is 0 Å². The van der Waals surface area contributed by atoms with E-state index in [1.54, 1.807) is 30.8 Å². The molecule has 0 unspecified atom stereocenters. The topological polar surface area (TPSA) is 100 Å². The lowest BCUT2D eigenvalue weighted by atomic mass is 9.87. The Bertz CT molecular complexity index is 1280. The van der Waals surface area contributed by atoms with Crippen molar-refractivity contribution in [2.75, 3.05) is 43.2 Å². The first-order valence-electron chi connectivity index (χ1n) is 14.9. The fourth-order valence-electron chi connectivity index (χ4n) is 5.84. The van der Waals surface area contributed by atoms with Gasteiger partial charge in [-0.25, -0.2) is 0 Å². The number of carbonyl (C=O) groups is 3. The molecular formula is C33H46N4O5. The summed E-state index contributed by atoms with van der Waals surface area (Å²) in [6.45, 7) is 13.5. The van der Waals surface area contributed by atoms with Crippen LogP contribution in [0.3, 0.4) is 0 Å². The van der Waals surface area contributed by atoms with Crippen molar-refractivity contribution in [2.24, 2.45) is 11.8 Å². The predicted octanol–water partition coefficient (Wildman–Crippen LogP) is 4.25. The lowest BCUT2D eigenvalue weighted by molar-refractivity contribution is -0.132. The number of hydrogen-bond donors (Lipinski definition) is 2. The predicted molar refractivity (Wildman–Crippen MR) is 165 cm³/mol. The van der Waals surface area contributed by atoms with Gasteiger partial charge in [0.15, 0.2) is 5.60 Å². The van der Waals surface area contributed by atoms with Crippen LogP contribution in [0.25, 0.3) is 0 Å². The first kappa shape index (κ1) is 31.5. The van der Waals surface area contributed by atoms with Crippen LogP contribution in [0.2, 0.25) is 0 Å². The number of ether oxygens (including phenoxy) is 2. The van der Waals surface area contributed by atoms with Crippen molar-refractivity contribution >= 4 is 29.1 Å². The van der Waals surface area contributed by atoms with Gasteiger partial charge < -0.3 is 29.9 Å². The van der Waals surface area contributed by atoms with Crippen LogP contribution < -0.4 is 25.2 Å². The zero-order valence-corrected chi connectivity index (χ0v) is 26.0. The molecular weight excluding hydrogens is 532 g/mol. The van der Waals surface area contributed by atoms with E-state index in [4.69, 9.17) is 9.47 Å². The van der Waals surface area contributed by atoms with E-state index in [0.29, 0.717) is 56.2 Å². The van der Waals surface area contributed by atoms with Crippen LogP contribution in [0.4, 0.5) is 11.4 Å². The SMILES string of the molecule is COCCCN1C(=O)C(C)(C)Oc2ccc(N(C(=O)[C@H]3CNC[C@@H](C(=O)NC(C)(C)c4ccccc4)C3)C(C)C)cc21. The third-order valence-electron chi connectivity index (χ3n) is 8.12. The lowest BCUT2D eigenvalue weighted by Gasteiger charge is -2.40. The number of nitrogens with one attached hydrogen (secondary N) is 2. The monoisotopic (exact) mass is 578 g/mol. The van der Waals surface area contributed by atoms with E-state index >= 15 is 0 Å². The molecule has 2 aliphatic heterocycles. The fraction of sp³-hybridized carbons (Fsp3) is 0.545. The van der Waals surface area contributed by atoms with Gasteiger partial charge >= 0.3 is 0 Å². The van der Waals surface area contributed by atoms with E-state index < -0.39 is 11.1 Å². The number of fused-ring (bicyclic) bond motifs is 1. The summed E-state index contributed by atoms with van der Waals surface area (Å²) in [6, 6.07) is 15.3. The smallest absolute Gasteiger partial charge is 0.270 e. The molecule has 0 aromatic heterocycles. The number of piperidine rings is 1. The van der Waals surface area contributed by atoms with Crippen molar-refractivity contribution < 1.29 is 23.9 Å². The Balaban J connectivity index is 1.54. The summed E-state index contributed by atoms with van der Waals surface area (Å²) in [7, 11) is 1.64. The number of anilines is 2. The summed E-state index contributed by atoms with van der Waals surface area (Å²) in [5.74, 6) is -0.348. The summed E-state index contributed by atoms with van der Waals surface area (Å²) in [5.41, 5.74) is 0.835. The van der Waals surface area contributed by atoms with E-state index in [1.807, 2.05) is 76.2 Å². The molecule has 0 spiro atoms. The molecule has 2 aromatic carbocycles. The second-order valence-corrected chi connectivity index (χ2v) is 12.6. The molecule has 0 aliphatic carbocycles. The molecule has 9 nitrogen and oxygen atoms in total. The van der Waals surface area contributed by atoms with Crippen LogP contribution >= 0.6 is 0 Å². The average molecular weight is 579 g/mol. The second kappa shape index (κ2) is 12.8. The molecule has 2 N–H and O–H groups in total. The molecule has 0 bridgehead atoms. The normalized spacial score (nSPS) is 20.1. The number of nitrogens with zero attached hydrogens (tertiary/aromatic N) is 2. The minimum absolute atomic E-state index is 0.0495. The highest BCUT2D eigenvalue weighted by Gasteiger charge is 2.42. The van der Waals surface area contributed by atoms with Crippen LogP contribution in [0.5, 0.6) is 5.75 Å². The molecule has 2 aliphatic rings. The maximum absolute atomic E-state index is 14.1. The summed E-state index contributed by atoms with van der Waals surface area (Å²) in [5, 5.41) is 6.52. The third kappa shape index (κ3) is 6.79. The number of hydrogen-bond acceptors (Lipinski definition) is 6. The van der Waals surface area contributed by atoms with Gasteiger partial charge in [0.1, 0.15) is 5.75 Å². The van der Waals surface area contributed by atoms with Crippen LogP contribution in [0.15, 0.2) is 48.5 Å². The number of amides is 3. The highest BCUT2D eigenvalue weighted by Crippen LogP contribution is 2.41. The number of benzene rings is 2. The van der Waals surface area contributed by atoms with Crippen LogP contribution in [0.1, 0.15) is 59.9 Å². The molecule has 4 rings (SSSR count). The highest BCUT2D eigenvalue weighted by atomic mass is 16.5. The summed E-state index contributed by atoms with van der Waals surface area (Å²) in [6.07, 6.45) is 1.13. The standard InChI is InChI=1S/C33H46N4O5/c1-22(2)37(26-14-15-28-27(19-26)36(16-11-17-41-7)31(40)33(5,6)42-28)30(39)24-18-23(20-34-21-24)29(38)35-32(3,4)25-12-9-8-10-13-25/h8-10,12-15,19,22-24,34H,11,16-18,20-21H2,1-7H3,(H,35,38)/t23-,24+/m0/s1. The summed E-state index contributed by atoms with van der Waals surface area (Å²) in [4.78, 5) is 44.3. The van der Waals surface area contributed by atoms with Crippen molar-refractivity contribution in [1.29, 1.82) is 0 Å². The van der Waals surface area contributed by atoms with E-state index in [1.165, 1.54) is 0 Å². The molecule has 228 valence electrons. The Kier molecular flexibility index (Phi) is 9.63.